The predicted octanol–water partition coefficient (Wildman–Crippen LogP) is 2.83. The zero-order valence-electron chi connectivity index (χ0n) is 18.3. The summed E-state index contributed by atoms with van der Waals surface area (Å²) in [6.07, 6.45) is -0.0260. The molecule has 2 heterocycles. The lowest BCUT2D eigenvalue weighted by atomic mass is 10.1. The topological polar surface area (TPSA) is 97.4 Å². The number of ketones is 1. The summed E-state index contributed by atoms with van der Waals surface area (Å²) in [4.78, 5) is 39.2. The highest BCUT2D eigenvalue weighted by molar-refractivity contribution is 6.30. The number of aromatic nitrogens is 1. The molecule has 2 amide bonds. The molecule has 4 rings (SSSR count). The number of rotatable bonds is 6. The molecule has 0 unspecified atom stereocenters. The van der Waals surface area contributed by atoms with E-state index in [0.717, 1.165) is 4.90 Å². The number of hydrogen-bond acceptors (Lipinski definition) is 4. The molecule has 0 spiro atoms. The molecule has 3 N–H and O–H groups in total. The van der Waals surface area contributed by atoms with Crippen LogP contribution in [-0.2, 0) is 22.7 Å². The number of Topliss-reactive ketones (excluding diaryl/α,β-unsaturated/α-hetero) is 1. The van der Waals surface area contributed by atoms with Crippen molar-refractivity contribution in [2.45, 2.75) is 38.3 Å². The van der Waals surface area contributed by atoms with Gasteiger partial charge < -0.3 is 20.5 Å². The summed E-state index contributed by atoms with van der Waals surface area (Å²) in [6.45, 7) is 0.685. The Labute approximate surface area is 199 Å². The van der Waals surface area contributed by atoms with Crippen LogP contribution in [0.2, 0.25) is 5.02 Å². The predicted molar refractivity (Wildman–Crippen MR) is 124 cm³/mol. The van der Waals surface area contributed by atoms with Crippen LogP contribution in [0.15, 0.2) is 48.7 Å². The number of carbonyl (C=O) groups excluding carboxylic acids is 3. The lowest BCUT2D eigenvalue weighted by Crippen LogP contribution is -2.53. The minimum Gasteiger partial charge on any atom is -0.350 e. The fraction of sp³-hybridized carbons (Fsp3) is 0.292. The highest BCUT2D eigenvalue weighted by Gasteiger charge is 2.46. The molecule has 1 fully saturated rings. The molecular weight excluding hydrogens is 466 g/mol. The normalized spacial score (nSPS) is 20.0. The number of alkyl halides is 1. The average molecular weight is 489 g/mol. The fourth-order valence-corrected chi connectivity index (χ4v) is 4.46. The second-order valence-corrected chi connectivity index (χ2v) is 8.67. The van der Waals surface area contributed by atoms with Crippen LogP contribution in [0.5, 0.6) is 0 Å². The van der Waals surface area contributed by atoms with E-state index in [2.05, 4.69) is 5.32 Å². The maximum atomic E-state index is 14.5. The number of nitrogens with two attached hydrogens (primary N) is 1. The van der Waals surface area contributed by atoms with Crippen molar-refractivity contribution < 1.29 is 23.2 Å². The SMILES string of the molecule is CC(=O)c1cn(CC(=O)N2C[C@H](F)[C@@H](N)[C@H]2C(=O)NCc2cccc(Cl)c2F)c2ccccc12. The number of halogens is 3. The van der Waals surface area contributed by atoms with Gasteiger partial charge in [-0.1, -0.05) is 41.9 Å². The van der Waals surface area contributed by atoms with Crippen molar-refractivity contribution in [1.29, 1.82) is 0 Å². The van der Waals surface area contributed by atoms with Crippen LogP contribution in [0, 0.1) is 5.82 Å². The molecule has 3 aromatic rings. The highest BCUT2D eigenvalue weighted by atomic mass is 35.5. The van der Waals surface area contributed by atoms with Gasteiger partial charge in [-0.25, -0.2) is 8.78 Å². The quantitative estimate of drug-likeness (QED) is 0.521. The minimum absolute atomic E-state index is 0.0891. The molecule has 0 saturated carbocycles. The number of nitrogens with one attached hydrogen (secondary N) is 1. The summed E-state index contributed by atoms with van der Waals surface area (Å²) in [6, 6.07) is 9.00. The molecule has 1 aliphatic heterocycles. The van der Waals surface area contributed by atoms with Crippen LogP contribution in [0.3, 0.4) is 0 Å². The summed E-state index contributed by atoms with van der Waals surface area (Å²) < 4.78 is 30.2. The van der Waals surface area contributed by atoms with Crippen LogP contribution in [-0.4, -0.2) is 51.9 Å². The zero-order valence-corrected chi connectivity index (χ0v) is 19.1. The van der Waals surface area contributed by atoms with E-state index in [1.165, 1.54) is 19.1 Å². The molecule has 178 valence electrons. The third-order valence-electron chi connectivity index (χ3n) is 6.04. The maximum Gasteiger partial charge on any atom is 0.244 e. The van der Waals surface area contributed by atoms with Gasteiger partial charge in [0.05, 0.1) is 17.6 Å². The first-order chi connectivity index (χ1) is 16.2. The van der Waals surface area contributed by atoms with Gasteiger partial charge in [0.1, 0.15) is 24.6 Å². The lowest BCUT2D eigenvalue weighted by molar-refractivity contribution is -0.139. The van der Waals surface area contributed by atoms with Gasteiger partial charge in [0, 0.05) is 34.8 Å². The summed E-state index contributed by atoms with van der Waals surface area (Å²) >= 11 is 5.77. The average Bonchev–Trinajstić information content (AvgIpc) is 3.32. The smallest absolute Gasteiger partial charge is 0.244 e. The van der Waals surface area contributed by atoms with E-state index in [0.29, 0.717) is 16.5 Å². The Morgan fingerprint density at radius 2 is 1.91 bits per heavy atom. The molecule has 0 aliphatic carbocycles. The molecule has 3 atom stereocenters. The Kier molecular flexibility index (Phi) is 6.67. The van der Waals surface area contributed by atoms with Gasteiger partial charge in [-0.2, -0.15) is 0 Å². The Bertz CT molecular complexity index is 1280. The van der Waals surface area contributed by atoms with Crippen LogP contribution in [0.25, 0.3) is 10.9 Å². The number of likely N-dealkylation sites (tertiary alicyclic amines) is 1. The Hall–Kier alpha value is -3.30. The summed E-state index contributed by atoms with van der Waals surface area (Å²) in [5, 5.41) is 3.14. The van der Waals surface area contributed by atoms with Gasteiger partial charge in [-0.3, -0.25) is 14.4 Å². The van der Waals surface area contributed by atoms with Crippen molar-refractivity contribution in [1.82, 2.24) is 14.8 Å². The van der Waals surface area contributed by atoms with Gasteiger partial charge >= 0.3 is 0 Å². The van der Waals surface area contributed by atoms with Gasteiger partial charge in [0.2, 0.25) is 11.8 Å². The third-order valence-corrected chi connectivity index (χ3v) is 6.33. The van der Waals surface area contributed by atoms with E-state index in [1.807, 2.05) is 0 Å². The first-order valence-electron chi connectivity index (χ1n) is 10.7. The number of fused-ring (bicyclic) bond motifs is 1. The monoisotopic (exact) mass is 488 g/mol. The zero-order chi connectivity index (χ0) is 24.6. The van der Waals surface area contributed by atoms with Crippen LogP contribution in [0.4, 0.5) is 8.78 Å². The molecule has 0 bridgehead atoms. The Morgan fingerprint density at radius 3 is 2.65 bits per heavy atom. The Balaban J connectivity index is 1.54. The summed E-state index contributed by atoms with van der Waals surface area (Å²) in [5.41, 5.74) is 7.20. The van der Waals surface area contributed by atoms with Crippen molar-refractivity contribution in [2.75, 3.05) is 6.54 Å². The van der Waals surface area contributed by atoms with Crippen molar-refractivity contribution in [3.8, 4) is 0 Å². The molecule has 34 heavy (non-hydrogen) atoms. The second-order valence-electron chi connectivity index (χ2n) is 8.26. The summed E-state index contributed by atoms with van der Waals surface area (Å²) in [7, 11) is 0. The van der Waals surface area contributed by atoms with Gasteiger partial charge in [-0.05, 0) is 19.1 Å². The van der Waals surface area contributed by atoms with Crippen LogP contribution >= 0.6 is 11.6 Å². The molecular formula is C24H23ClF2N4O3. The molecule has 7 nitrogen and oxygen atoms in total. The molecule has 2 aromatic carbocycles. The van der Waals surface area contributed by atoms with Crippen molar-refractivity contribution in [3.05, 3.63) is 70.6 Å². The number of hydrogen-bond donors (Lipinski definition) is 2. The van der Waals surface area contributed by atoms with Crippen molar-refractivity contribution >= 4 is 40.1 Å². The van der Waals surface area contributed by atoms with Crippen LogP contribution in [0.1, 0.15) is 22.8 Å². The lowest BCUT2D eigenvalue weighted by Gasteiger charge is -2.26. The van der Waals surface area contributed by atoms with Gasteiger partial charge in [0.25, 0.3) is 0 Å². The molecule has 0 radical (unpaired) electrons. The van der Waals surface area contributed by atoms with Gasteiger partial charge in [0.15, 0.2) is 5.78 Å². The molecule has 1 saturated heterocycles. The number of benzene rings is 2. The highest BCUT2D eigenvalue weighted by Crippen LogP contribution is 2.25. The molecule has 1 aromatic heterocycles. The summed E-state index contributed by atoms with van der Waals surface area (Å²) in [5.74, 6) is -2.04. The fourth-order valence-electron chi connectivity index (χ4n) is 4.27. The molecule has 10 heteroatoms. The third kappa shape index (κ3) is 4.41. The second kappa shape index (κ2) is 9.52. The van der Waals surface area contributed by atoms with Crippen LogP contribution < -0.4 is 11.1 Å². The first-order valence-corrected chi connectivity index (χ1v) is 11.1. The van der Waals surface area contributed by atoms with E-state index in [4.69, 9.17) is 17.3 Å². The van der Waals surface area contributed by atoms with E-state index in [1.54, 1.807) is 41.1 Å². The molecule has 1 aliphatic rings. The van der Waals surface area contributed by atoms with Gasteiger partial charge in [-0.15, -0.1) is 0 Å². The van der Waals surface area contributed by atoms with Crippen molar-refractivity contribution in [2.24, 2.45) is 5.73 Å². The maximum absolute atomic E-state index is 14.5. The standard InChI is InChI=1S/C24H23ClF2N4O3/c1-13(32)16-10-30(19-8-3-2-6-15(16)19)12-20(33)31-11-18(26)22(28)23(31)24(34)29-9-14-5-4-7-17(25)21(14)27/h2-8,10,18,22-23H,9,11-12,28H2,1H3,(H,29,34)/t18-,22+,23-/m0/s1. The van der Waals surface area contributed by atoms with E-state index >= 15 is 0 Å². The van der Waals surface area contributed by atoms with Crippen molar-refractivity contribution in [3.63, 3.8) is 0 Å². The number of carbonyl (C=O) groups is 3. The van der Waals surface area contributed by atoms with E-state index < -0.39 is 35.9 Å². The largest absolute Gasteiger partial charge is 0.350 e. The minimum atomic E-state index is -1.60. The number of nitrogens with zero attached hydrogens (tertiary/aromatic N) is 2. The number of para-hydroxylation sites is 1. The van der Waals surface area contributed by atoms with E-state index in [9.17, 15) is 23.2 Å². The Morgan fingerprint density at radius 1 is 1.18 bits per heavy atom. The number of amides is 2. The van der Waals surface area contributed by atoms with E-state index in [-0.39, 0.29) is 36.0 Å². The first kappa shape index (κ1) is 23.8.